The number of ether oxygens (including phenoxy) is 2. The van der Waals surface area contributed by atoms with E-state index >= 15 is 0 Å². The Labute approximate surface area is 129 Å². The molecule has 5 nitrogen and oxygen atoms in total. The molecule has 118 valence electrons. The van der Waals surface area contributed by atoms with Crippen LogP contribution < -0.4 is 9.47 Å². The van der Waals surface area contributed by atoms with Gasteiger partial charge in [0.05, 0.1) is 13.2 Å². The van der Waals surface area contributed by atoms with Crippen LogP contribution in [0.5, 0.6) is 11.5 Å². The molecule has 1 unspecified atom stereocenters. The summed E-state index contributed by atoms with van der Waals surface area (Å²) in [5.41, 5.74) is 1.55. The molecule has 1 saturated carbocycles. The second-order valence-electron chi connectivity index (χ2n) is 5.68. The summed E-state index contributed by atoms with van der Waals surface area (Å²) in [4.78, 5) is 0. The van der Waals surface area contributed by atoms with Crippen LogP contribution >= 0.6 is 0 Å². The van der Waals surface area contributed by atoms with Gasteiger partial charge in [0.2, 0.25) is 0 Å². The van der Waals surface area contributed by atoms with Gasteiger partial charge in [-0.15, -0.1) is 0 Å². The molecule has 1 aromatic heterocycles. The normalized spacial score (nSPS) is 16.7. The van der Waals surface area contributed by atoms with E-state index < -0.39 is 6.10 Å². The molecule has 1 aliphatic carbocycles. The van der Waals surface area contributed by atoms with Gasteiger partial charge >= 0.3 is 0 Å². The topological polar surface area (TPSA) is 64.7 Å². The first-order chi connectivity index (χ1) is 10.7. The van der Waals surface area contributed by atoms with E-state index in [4.69, 9.17) is 14.0 Å². The molecule has 22 heavy (non-hydrogen) atoms. The molecule has 1 fully saturated rings. The van der Waals surface area contributed by atoms with Gasteiger partial charge in [0.15, 0.2) is 17.3 Å². The Morgan fingerprint density at radius 2 is 2.00 bits per heavy atom. The lowest BCUT2D eigenvalue weighted by Crippen LogP contribution is -2.11. The van der Waals surface area contributed by atoms with Crippen molar-refractivity contribution in [1.82, 2.24) is 5.16 Å². The number of methoxy groups -OCH3 is 1. The van der Waals surface area contributed by atoms with Gasteiger partial charge in [-0.3, -0.25) is 0 Å². The molecule has 1 N–H and O–H groups in total. The van der Waals surface area contributed by atoms with Crippen molar-refractivity contribution in [1.29, 1.82) is 0 Å². The van der Waals surface area contributed by atoms with Crippen LogP contribution in [0.25, 0.3) is 11.3 Å². The van der Waals surface area contributed by atoms with Gasteiger partial charge in [0.1, 0.15) is 11.8 Å². The van der Waals surface area contributed by atoms with E-state index in [-0.39, 0.29) is 6.10 Å². The average Bonchev–Trinajstić information content (AvgIpc) is 3.18. The van der Waals surface area contributed by atoms with Crippen LogP contribution in [0.2, 0.25) is 0 Å². The van der Waals surface area contributed by atoms with E-state index in [1.165, 1.54) is 12.8 Å². The highest BCUT2D eigenvalue weighted by atomic mass is 16.5. The second kappa shape index (κ2) is 6.40. The van der Waals surface area contributed by atoms with Gasteiger partial charge in [0, 0.05) is 11.6 Å². The molecule has 1 aliphatic rings. The third-order valence-electron chi connectivity index (χ3n) is 4.00. The lowest BCUT2D eigenvalue weighted by atomic mass is 10.1. The van der Waals surface area contributed by atoms with Crippen molar-refractivity contribution in [3.63, 3.8) is 0 Å². The molecule has 5 heteroatoms. The molecular weight excluding hydrogens is 282 g/mol. The molecule has 0 spiro atoms. The summed E-state index contributed by atoms with van der Waals surface area (Å²) in [5, 5.41) is 13.5. The van der Waals surface area contributed by atoms with Crippen molar-refractivity contribution in [3.05, 3.63) is 30.0 Å². The standard InChI is InChI=1S/C17H21NO4/c1-11(19)16-10-14(18-22-16)12-7-8-15(20-2)17(9-12)21-13-5-3-4-6-13/h7-11,13,19H,3-6H2,1-2H3. The van der Waals surface area contributed by atoms with E-state index in [1.807, 2.05) is 18.2 Å². The number of nitrogens with zero attached hydrogens (tertiary/aromatic N) is 1. The molecule has 0 amide bonds. The Hall–Kier alpha value is -2.01. The highest BCUT2D eigenvalue weighted by Crippen LogP contribution is 2.35. The number of aliphatic hydroxyl groups is 1. The fraction of sp³-hybridized carbons (Fsp3) is 0.471. The van der Waals surface area contributed by atoms with E-state index in [9.17, 15) is 5.11 Å². The molecule has 0 bridgehead atoms. The SMILES string of the molecule is COc1ccc(-c2cc(C(C)O)on2)cc1OC1CCCC1. The molecule has 3 rings (SSSR count). The number of benzene rings is 1. The van der Waals surface area contributed by atoms with Gasteiger partial charge in [-0.25, -0.2) is 0 Å². The highest BCUT2D eigenvalue weighted by molar-refractivity contribution is 5.64. The van der Waals surface area contributed by atoms with E-state index in [0.29, 0.717) is 11.5 Å². The Bertz CT molecular complexity index is 629. The lowest BCUT2D eigenvalue weighted by Gasteiger charge is -2.16. The minimum Gasteiger partial charge on any atom is -0.493 e. The first-order valence-electron chi connectivity index (χ1n) is 7.67. The largest absolute Gasteiger partial charge is 0.493 e. The zero-order chi connectivity index (χ0) is 15.5. The monoisotopic (exact) mass is 303 g/mol. The second-order valence-corrected chi connectivity index (χ2v) is 5.68. The molecule has 2 aromatic rings. The maximum absolute atomic E-state index is 9.53. The quantitative estimate of drug-likeness (QED) is 0.912. The molecule has 0 saturated heterocycles. The van der Waals surface area contributed by atoms with Crippen molar-refractivity contribution in [2.45, 2.75) is 44.8 Å². The Morgan fingerprint density at radius 3 is 2.64 bits per heavy atom. The average molecular weight is 303 g/mol. The molecular formula is C17H21NO4. The number of hydrogen-bond acceptors (Lipinski definition) is 5. The summed E-state index contributed by atoms with van der Waals surface area (Å²) in [6, 6.07) is 7.44. The fourth-order valence-corrected chi connectivity index (χ4v) is 2.74. The summed E-state index contributed by atoms with van der Waals surface area (Å²) < 4.78 is 16.6. The van der Waals surface area contributed by atoms with Crippen molar-refractivity contribution in [2.24, 2.45) is 0 Å². The zero-order valence-corrected chi connectivity index (χ0v) is 12.9. The lowest BCUT2D eigenvalue weighted by molar-refractivity contribution is 0.158. The van der Waals surface area contributed by atoms with Crippen LogP contribution in [0.4, 0.5) is 0 Å². The van der Waals surface area contributed by atoms with Crippen LogP contribution in [-0.4, -0.2) is 23.5 Å². The van der Waals surface area contributed by atoms with Gasteiger partial charge < -0.3 is 19.1 Å². The van der Waals surface area contributed by atoms with Crippen LogP contribution in [0, 0.1) is 0 Å². The van der Waals surface area contributed by atoms with Gasteiger partial charge in [-0.2, -0.15) is 0 Å². The minimum atomic E-state index is -0.672. The Morgan fingerprint density at radius 1 is 1.23 bits per heavy atom. The molecule has 1 atom stereocenters. The first kappa shape index (κ1) is 14.9. The third kappa shape index (κ3) is 3.09. The van der Waals surface area contributed by atoms with Crippen LogP contribution in [-0.2, 0) is 0 Å². The van der Waals surface area contributed by atoms with Crippen molar-refractivity contribution < 1.29 is 19.1 Å². The summed E-state index contributed by atoms with van der Waals surface area (Å²) >= 11 is 0. The predicted octanol–water partition coefficient (Wildman–Crippen LogP) is 3.72. The Balaban J connectivity index is 1.87. The van der Waals surface area contributed by atoms with E-state index in [1.54, 1.807) is 20.1 Å². The van der Waals surface area contributed by atoms with Crippen LogP contribution in [0.1, 0.15) is 44.5 Å². The predicted molar refractivity (Wildman–Crippen MR) is 82.0 cm³/mol. The van der Waals surface area contributed by atoms with Crippen LogP contribution in [0.15, 0.2) is 28.8 Å². The number of aromatic nitrogens is 1. The highest BCUT2D eigenvalue weighted by Gasteiger charge is 2.19. The molecule has 0 radical (unpaired) electrons. The zero-order valence-electron chi connectivity index (χ0n) is 12.9. The molecule has 0 aliphatic heterocycles. The summed E-state index contributed by atoms with van der Waals surface area (Å²) in [6.45, 7) is 1.65. The summed E-state index contributed by atoms with van der Waals surface area (Å²) in [7, 11) is 1.64. The summed E-state index contributed by atoms with van der Waals surface area (Å²) in [5.74, 6) is 1.90. The van der Waals surface area contributed by atoms with Crippen LogP contribution in [0.3, 0.4) is 0 Å². The third-order valence-corrected chi connectivity index (χ3v) is 4.00. The van der Waals surface area contributed by atoms with Crippen molar-refractivity contribution in [2.75, 3.05) is 7.11 Å². The molecule has 1 heterocycles. The smallest absolute Gasteiger partial charge is 0.165 e. The fourth-order valence-electron chi connectivity index (χ4n) is 2.74. The van der Waals surface area contributed by atoms with Crippen molar-refractivity contribution >= 4 is 0 Å². The van der Waals surface area contributed by atoms with E-state index in [0.717, 1.165) is 29.9 Å². The Kier molecular flexibility index (Phi) is 4.34. The maximum Gasteiger partial charge on any atom is 0.165 e. The number of hydrogen-bond donors (Lipinski definition) is 1. The molecule has 1 aromatic carbocycles. The number of aliphatic hydroxyl groups excluding tert-OH is 1. The first-order valence-corrected chi connectivity index (χ1v) is 7.67. The summed E-state index contributed by atoms with van der Waals surface area (Å²) in [6.07, 6.45) is 4.19. The minimum absolute atomic E-state index is 0.259. The van der Waals surface area contributed by atoms with Gasteiger partial charge in [-0.1, -0.05) is 5.16 Å². The number of rotatable bonds is 5. The van der Waals surface area contributed by atoms with Crippen molar-refractivity contribution in [3.8, 4) is 22.8 Å². The maximum atomic E-state index is 9.53. The van der Waals surface area contributed by atoms with Gasteiger partial charge in [-0.05, 0) is 50.8 Å². The van der Waals surface area contributed by atoms with E-state index in [2.05, 4.69) is 5.16 Å². The van der Waals surface area contributed by atoms with Gasteiger partial charge in [0.25, 0.3) is 0 Å².